The van der Waals surface area contributed by atoms with Gasteiger partial charge in [-0.25, -0.2) is 0 Å². The van der Waals surface area contributed by atoms with Crippen molar-refractivity contribution < 1.29 is 9.90 Å². The molecule has 2 aliphatic rings. The molecule has 0 unspecified atom stereocenters. The van der Waals surface area contributed by atoms with Gasteiger partial charge in [0.05, 0.1) is 12.2 Å². The second-order valence-corrected chi connectivity index (χ2v) is 4.32. The predicted molar refractivity (Wildman–Crippen MR) is 68.0 cm³/mol. The first-order valence-electron chi connectivity index (χ1n) is 6.01. The summed E-state index contributed by atoms with van der Waals surface area (Å²) in [4.78, 5) is 10.8. The molecule has 0 aromatic heterocycles. The van der Waals surface area contributed by atoms with Gasteiger partial charge in [0, 0.05) is 12.1 Å². The maximum absolute atomic E-state index is 10.8. The van der Waals surface area contributed by atoms with Gasteiger partial charge in [0.2, 0.25) is 5.91 Å². The van der Waals surface area contributed by atoms with Crippen LogP contribution in [0.1, 0.15) is 31.2 Å². The van der Waals surface area contributed by atoms with E-state index in [1.807, 2.05) is 30.3 Å². The Morgan fingerprint density at radius 1 is 1.18 bits per heavy atom. The fourth-order valence-electron chi connectivity index (χ4n) is 1.98. The van der Waals surface area contributed by atoms with Crippen molar-refractivity contribution in [1.82, 2.24) is 0 Å². The molecule has 0 atom stereocenters. The lowest BCUT2D eigenvalue weighted by atomic mass is 10.1. The molecular weight excluding hydrogens is 214 g/mol. The third-order valence-electron chi connectivity index (χ3n) is 2.91. The fourth-order valence-corrected chi connectivity index (χ4v) is 1.98. The summed E-state index contributed by atoms with van der Waals surface area (Å²) >= 11 is 0. The molecule has 0 saturated carbocycles. The quantitative estimate of drug-likeness (QED) is 0.720. The number of nitrogens with one attached hydrogen (secondary N) is 1. The second-order valence-electron chi connectivity index (χ2n) is 4.32. The summed E-state index contributed by atoms with van der Waals surface area (Å²) in [7, 11) is 0. The van der Waals surface area contributed by atoms with Crippen LogP contribution in [-0.4, -0.2) is 11.0 Å². The molecule has 90 valence electrons. The summed E-state index contributed by atoms with van der Waals surface area (Å²) in [5.74, 6) is 0.687. The van der Waals surface area contributed by atoms with Crippen molar-refractivity contribution in [2.75, 3.05) is 5.32 Å². The van der Waals surface area contributed by atoms with Crippen LogP contribution in [0.4, 0.5) is 5.69 Å². The van der Waals surface area contributed by atoms with Crippen LogP contribution in [-0.2, 0) is 11.2 Å². The summed E-state index contributed by atoms with van der Waals surface area (Å²) in [6.45, 7) is 0. The Labute approximate surface area is 101 Å². The summed E-state index contributed by atoms with van der Waals surface area (Å²) in [6.07, 6.45) is 6.85. The smallest absolute Gasteiger partial charge is 0.228 e. The molecule has 0 radical (unpaired) electrons. The maximum Gasteiger partial charge on any atom is 0.228 e. The summed E-state index contributed by atoms with van der Waals surface area (Å²) < 4.78 is 0. The van der Waals surface area contributed by atoms with Crippen LogP contribution in [0, 0.1) is 0 Å². The number of aliphatic hydroxyl groups excluding tert-OH is 1. The lowest BCUT2D eigenvalue weighted by Crippen LogP contribution is -2.03. The molecule has 3 rings (SSSR count). The highest BCUT2D eigenvalue weighted by atomic mass is 16.3. The van der Waals surface area contributed by atoms with Gasteiger partial charge in [-0.15, -0.1) is 0 Å². The van der Waals surface area contributed by atoms with Crippen LogP contribution in [0.15, 0.2) is 36.1 Å². The van der Waals surface area contributed by atoms with Gasteiger partial charge in [-0.3, -0.25) is 4.79 Å². The van der Waals surface area contributed by atoms with Crippen LogP contribution < -0.4 is 5.32 Å². The molecule has 1 heterocycles. The van der Waals surface area contributed by atoms with E-state index in [0.29, 0.717) is 12.2 Å². The third kappa shape index (κ3) is 3.34. The Hall–Kier alpha value is -1.77. The van der Waals surface area contributed by atoms with Gasteiger partial charge < -0.3 is 10.4 Å². The topological polar surface area (TPSA) is 49.3 Å². The molecule has 1 amide bonds. The van der Waals surface area contributed by atoms with E-state index in [1.54, 1.807) is 0 Å². The molecule has 0 fully saturated rings. The second kappa shape index (κ2) is 5.53. The van der Waals surface area contributed by atoms with Crippen molar-refractivity contribution in [3.63, 3.8) is 0 Å². The molecule has 0 saturated heterocycles. The molecule has 1 aliphatic heterocycles. The van der Waals surface area contributed by atoms with E-state index in [9.17, 15) is 4.79 Å². The van der Waals surface area contributed by atoms with Crippen molar-refractivity contribution >= 4 is 11.6 Å². The summed E-state index contributed by atoms with van der Waals surface area (Å²) in [6, 6.07) is 7.75. The molecule has 3 nitrogen and oxygen atoms in total. The Morgan fingerprint density at radius 2 is 2.00 bits per heavy atom. The number of allylic oxidation sites excluding steroid dienone is 2. The van der Waals surface area contributed by atoms with Crippen molar-refractivity contribution in [2.45, 2.75) is 32.1 Å². The standard InChI is InChI=1S/C8H7NO.C6H10O/c10-8-5-6-3-1-2-4-7(6)9-8;7-6-4-2-1-3-5-6/h1-4H,5H2,(H,9,10);4,7H,1-3,5H2. The Morgan fingerprint density at radius 3 is 2.59 bits per heavy atom. The van der Waals surface area contributed by atoms with Gasteiger partial charge in [-0.1, -0.05) is 18.2 Å². The minimum Gasteiger partial charge on any atom is -0.513 e. The van der Waals surface area contributed by atoms with E-state index in [4.69, 9.17) is 5.11 Å². The predicted octanol–water partition coefficient (Wildman–Crippen LogP) is 3.18. The highest BCUT2D eigenvalue weighted by Gasteiger charge is 2.15. The number of aliphatic hydroxyl groups is 1. The molecule has 3 heteroatoms. The number of benzene rings is 1. The van der Waals surface area contributed by atoms with E-state index < -0.39 is 0 Å². The number of para-hydroxylation sites is 1. The van der Waals surface area contributed by atoms with E-state index in [1.165, 1.54) is 12.8 Å². The van der Waals surface area contributed by atoms with Crippen LogP contribution in [0.5, 0.6) is 0 Å². The van der Waals surface area contributed by atoms with E-state index in [2.05, 4.69) is 5.32 Å². The summed E-state index contributed by atoms with van der Waals surface area (Å²) in [5.41, 5.74) is 2.07. The van der Waals surface area contributed by atoms with Gasteiger partial charge in [-0.2, -0.15) is 0 Å². The van der Waals surface area contributed by atoms with Crippen molar-refractivity contribution in [3.05, 3.63) is 41.7 Å². The fraction of sp³-hybridized carbons (Fsp3) is 0.357. The highest BCUT2D eigenvalue weighted by molar-refractivity contribution is 5.98. The first-order valence-corrected chi connectivity index (χ1v) is 6.01. The number of carbonyl (C=O) groups is 1. The molecule has 1 aromatic carbocycles. The zero-order valence-electron chi connectivity index (χ0n) is 9.78. The first kappa shape index (κ1) is 11.7. The number of fused-ring (bicyclic) bond motifs is 1. The third-order valence-corrected chi connectivity index (χ3v) is 2.91. The molecule has 1 aliphatic carbocycles. The Kier molecular flexibility index (Phi) is 3.81. The molecule has 0 spiro atoms. The van der Waals surface area contributed by atoms with E-state index in [-0.39, 0.29) is 5.91 Å². The van der Waals surface area contributed by atoms with Gasteiger partial charge in [0.15, 0.2) is 0 Å². The largest absolute Gasteiger partial charge is 0.513 e. The number of amides is 1. The molecular formula is C14H17NO2. The van der Waals surface area contributed by atoms with E-state index in [0.717, 1.165) is 24.1 Å². The van der Waals surface area contributed by atoms with Crippen LogP contribution in [0.3, 0.4) is 0 Å². The number of hydrogen-bond acceptors (Lipinski definition) is 2. The van der Waals surface area contributed by atoms with Crippen molar-refractivity contribution in [1.29, 1.82) is 0 Å². The Bertz CT molecular complexity index is 411. The Balaban J connectivity index is 0.000000136. The SMILES string of the molecule is O=C1Cc2ccccc2N1.OC1=CCCCC1. The van der Waals surface area contributed by atoms with Gasteiger partial charge in [0.1, 0.15) is 0 Å². The zero-order chi connectivity index (χ0) is 12.1. The molecule has 0 bridgehead atoms. The monoisotopic (exact) mass is 231 g/mol. The number of hydrogen-bond donors (Lipinski definition) is 2. The molecule has 2 N–H and O–H groups in total. The zero-order valence-corrected chi connectivity index (χ0v) is 9.78. The van der Waals surface area contributed by atoms with Crippen LogP contribution in [0.25, 0.3) is 0 Å². The van der Waals surface area contributed by atoms with E-state index >= 15 is 0 Å². The minimum atomic E-state index is 0.0983. The average Bonchev–Trinajstić information content (AvgIpc) is 2.71. The van der Waals surface area contributed by atoms with Gasteiger partial charge >= 0.3 is 0 Å². The lowest BCUT2D eigenvalue weighted by molar-refractivity contribution is -0.115. The maximum atomic E-state index is 10.8. The molecule has 17 heavy (non-hydrogen) atoms. The van der Waals surface area contributed by atoms with Crippen molar-refractivity contribution in [3.8, 4) is 0 Å². The summed E-state index contributed by atoms with van der Waals surface area (Å²) in [5, 5.41) is 11.5. The highest BCUT2D eigenvalue weighted by Crippen LogP contribution is 2.21. The number of anilines is 1. The van der Waals surface area contributed by atoms with Crippen molar-refractivity contribution in [2.24, 2.45) is 0 Å². The lowest BCUT2D eigenvalue weighted by Gasteiger charge is -2.04. The minimum absolute atomic E-state index is 0.0983. The average molecular weight is 231 g/mol. The molecule has 1 aromatic rings. The normalized spacial score (nSPS) is 17.4. The van der Waals surface area contributed by atoms with Crippen LogP contribution >= 0.6 is 0 Å². The van der Waals surface area contributed by atoms with Gasteiger partial charge in [0.25, 0.3) is 0 Å². The van der Waals surface area contributed by atoms with Gasteiger partial charge in [-0.05, 0) is 37.0 Å². The first-order chi connectivity index (χ1) is 8.25. The van der Waals surface area contributed by atoms with Crippen LogP contribution in [0.2, 0.25) is 0 Å². The number of carbonyl (C=O) groups excluding carboxylic acids is 1. The number of rotatable bonds is 0.